The van der Waals surface area contributed by atoms with Crippen molar-refractivity contribution in [3.05, 3.63) is 39.9 Å². The number of nitrogens with zero attached hydrogens (tertiary/aromatic N) is 1. The minimum atomic E-state index is -0.199. The third kappa shape index (κ3) is 4.24. The van der Waals surface area contributed by atoms with Gasteiger partial charge in [-0.1, -0.05) is 29.3 Å². The highest BCUT2D eigenvalue weighted by atomic mass is 35.5. The molecular weight excluding hydrogens is 325 g/mol. The Morgan fingerprint density at radius 1 is 1.27 bits per heavy atom. The highest BCUT2D eigenvalue weighted by Gasteiger charge is 2.26. The first-order valence-corrected chi connectivity index (χ1v) is 7.76. The molecule has 0 aromatic heterocycles. The predicted molar refractivity (Wildman–Crippen MR) is 86.8 cm³/mol. The molecule has 0 spiro atoms. The molecule has 1 heterocycles. The monoisotopic (exact) mass is 341 g/mol. The zero-order chi connectivity index (χ0) is 16.1. The van der Waals surface area contributed by atoms with Crippen molar-refractivity contribution in [3.63, 3.8) is 0 Å². The number of rotatable bonds is 3. The van der Waals surface area contributed by atoms with E-state index in [1.165, 1.54) is 13.2 Å². The van der Waals surface area contributed by atoms with Crippen molar-refractivity contribution in [2.45, 2.75) is 12.8 Å². The summed E-state index contributed by atoms with van der Waals surface area (Å²) in [6.45, 7) is 1.11. The van der Waals surface area contributed by atoms with Crippen molar-refractivity contribution >= 4 is 41.2 Å². The van der Waals surface area contributed by atoms with Gasteiger partial charge in [-0.3, -0.25) is 9.59 Å². The number of halogens is 2. The Kier molecular flexibility index (Phi) is 5.86. The number of esters is 1. The number of amides is 1. The van der Waals surface area contributed by atoms with Gasteiger partial charge in [-0.05, 0) is 36.6 Å². The Bertz CT molecular complexity index is 593. The predicted octanol–water partition coefficient (Wildman–Crippen LogP) is 3.42. The summed E-state index contributed by atoms with van der Waals surface area (Å²) in [5.41, 5.74) is 0.740. The van der Waals surface area contributed by atoms with Gasteiger partial charge in [0.25, 0.3) is 0 Å². The standard InChI is InChI=1S/C16H17Cl2NO3/c1-22-16(21)12-6-8-19(9-7-12)15(20)5-3-11-2-4-13(17)10-14(11)18/h2-5,10,12H,6-9H2,1H3/b5-3+. The molecule has 1 aromatic carbocycles. The average Bonchev–Trinajstić information content (AvgIpc) is 2.53. The van der Waals surface area contributed by atoms with Crippen LogP contribution < -0.4 is 0 Å². The van der Waals surface area contributed by atoms with E-state index in [9.17, 15) is 9.59 Å². The summed E-state index contributed by atoms with van der Waals surface area (Å²) in [6.07, 6.45) is 4.43. The summed E-state index contributed by atoms with van der Waals surface area (Å²) in [4.78, 5) is 25.3. The maximum atomic E-state index is 12.1. The SMILES string of the molecule is COC(=O)C1CCN(C(=O)/C=C/c2ccc(Cl)cc2Cl)CC1. The fourth-order valence-corrected chi connectivity index (χ4v) is 2.88. The number of benzene rings is 1. The van der Waals surface area contributed by atoms with Crippen molar-refractivity contribution in [1.29, 1.82) is 0 Å². The van der Waals surface area contributed by atoms with Gasteiger partial charge in [0.05, 0.1) is 13.0 Å². The molecule has 0 saturated carbocycles. The second-order valence-electron chi connectivity index (χ2n) is 5.12. The topological polar surface area (TPSA) is 46.6 Å². The van der Waals surface area contributed by atoms with Crippen LogP contribution in [0, 0.1) is 5.92 Å². The van der Waals surface area contributed by atoms with Gasteiger partial charge < -0.3 is 9.64 Å². The largest absolute Gasteiger partial charge is 0.469 e. The molecule has 0 bridgehead atoms. The van der Waals surface area contributed by atoms with Gasteiger partial charge in [0.1, 0.15) is 0 Å². The third-order valence-electron chi connectivity index (χ3n) is 3.71. The second-order valence-corrected chi connectivity index (χ2v) is 5.97. The lowest BCUT2D eigenvalue weighted by molar-refractivity contribution is -0.148. The average molecular weight is 342 g/mol. The van der Waals surface area contributed by atoms with Gasteiger partial charge in [-0.15, -0.1) is 0 Å². The van der Waals surface area contributed by atoms with Gasteiger partial charge in [-0.25, -0.2) is 0 Å². The molecule has 0 unspecified atom stereocenters. The summed E-state index contributed by atoms with van der Waals surface area (Å²) in [5, 5.41) is 1.05. The molecule has 22 heavy (non-hydrogen) atoms. The van der Waals surface area contributed by atoms with Crippen LogP contribution in [0.4, 0.5) is 0 Å². The number of carbonyl (C=O) groups is 2. The Labute approximate surface area is 139 Å². The molecule has 1 fully saturated rings. The van der Waals surface area contributed by atoms with Gasteiger partial charge in [0.2, 0.25) is 5.91 Å². The molecule has 1 amide bonds. The summed E-state index contributed by atoms with van der Waals surface area (Å²) >= 11 is 11.9. The maximum absolute atomic E-state index is 12.1. The minimum Gasteiger partial charge on any atom is -0.469 e. The normalized spacial score (nSPS) is 16.0. The number of carbonyl (C=O) groups excluding carboxylic acids is 2. The maximum Gasteiger partial charge on any atom is 0.308 e. The highest BCUT2D eigenvalue weighted by molar-refractivity contribution is 6.35. The fraction of sp³-hybridized carbons (Fsp3) is 0.375. The number of methoxy groups -OCH3 is 1. The number of hydrogen-bond donors (Lipinski definition) is 0. The number of likely N-dealkylation sites (tertiary alicyclic amines) is 1. The minimum absolute atomic E-state index is 0.0886. The van der Waals surface area contributed by atoms with E-state index in [-0.39, 0.29) is 17.8 Å². The first kappa shape index (κ1) is 16.8. The number of ether oxygens (including phenoxy) is 1. The highest BCUT2D eigenvalue weighted by Crippen LogP contribution is 2.23. The van der Waals surface area contributed by atoms with Crippen LogP contribution >= 0.6 is 23.2 Å². The Morgan fingerprint density at radius 3 is 2.55 bits per heavy atom. The zero-order valence-electron chi connectivity index (χ0n) is 12.2. The smallest absolute Gasteiger partial charge is 0.308 e. The van der Waals surface area contributed by atoms with E-state index in [0.29, 0.717) is 36.0 Å². The third-order valence-corrected chi connectivity index (χ3v) is 4.27. The molecular formula is C16H17Cl2NO3. The summed E-state index contributed by atoms with van der Waals surface area (Å²) < 4.78 is 4.73. The molecule has 1 saturated heterocycles. The molecule has 6 heteroatoms. The molecule has 0 atom stereocenters. The molecule has 1 aliphatic heterocycles. The summed E-state index contributed by atoms with van der Waals surface area (Å²) in [6, 6.07) is 5.12. The van der Waals surface area contributed by atoms with Crippen LogP contribution in [0.15, 0.2) is 24.3 Å². The van der Waals surface area contributed by atoms with Crippen LogP contribution in [0.25, 0.3) is 6.08 Å². The molecule has 4 nitrogen and oxygen atoms in total. The van der Waals surface area contributed by atoms with Crippen molar-refractivity contribution < 1.29 is 14.3 Å². The van der Waals surface area contributed by atoms with Crippen molar-refractivity contribution in [1.82, 2.24) is 4.90 Å². The lowest BCUT2D eigenvalue weighted by Crippen LogP contribution is -2.39. The van der Waals surface area contributed by atoms with E-state index in [1.807, 2.05) is 0 Å². The van der Waals surface area contributed by atoms with E-state index in [0.717, 1.165) is 5.56 Å². The van der Waals surface area contributed by atoms with Crippen LogP contribution in [0.3, 0.4) is 0 Å². The number of hydrogen-bond acceptors (Lipinski definition) is 3. The van der Waals surface area contributed by atoms with Gasteiger partial charge in [0.15, 0.2) is 0 Å². The van der Waals surface area contributed by atoms with Crippen molar-refractivity contribution in [2.75, 3.05) is 20.2 Å². The van der Waals surface area contributed by atoms with E-state index >= 15 is 0 Å². The van der Waals surface area contributed by atoms with E-state index in [2.05, 4.69) is 0 Å². The van der Waals surface area contributed by atoms with E-state index in [1.54, 1.807) is 29.2 Å². The quantitative estimate of drug-likeness (QED) is 0.625. The van der Waals surface area contributed by atoms with Crippen LogP contribution in [0.5, 0.6) is 0 Å². The van der Waals surface area contributed by atoms with Crippen molar-refractivity contribution in [3.8, 4) is 0 Å². The molecule has 118 valence electrons. The molecule has 1 aromatic rings. The van der Waals surface area contributed by atoms with E-state index in [4.69, 9.17) is 27.9 Å². The lowest BCUT2D eigenvalue weighted by atomic mass is 9.97. The van der Waals surface area contributed by atoms with Crippen molar-refractivity contribution in [2.24, 2.45) is 5.92 Å². The van der Waals surface area contributed by atoms with Gasteiger partial charge in [-0.2, -0.15) is 0 Å². The van der Waals surface area contributed by atoms with Gasteiger partial charge >= 0.3 is 5.97 Å². The number of piperidine rings is 1. The molecule has 0 N–H and O–H groups in total. The Balaban J connectivity index is 1.93. The van der Waals surface area contributed by atoms with Crippen LogP contribution in [-0.4, -0.2) is 37.0 Å². The molecule has 0 aliphatic carbocycles. The fourth-order valence-electron chi connectivity index (χ4n) is 2.41. The van der Waals surface area contributed by atoms with E-state index < -0.39 is 0 Å². The summed E-state index contributed by atoms with van der Waals surface area (Å²) in [7, 11) is 1.39. The Hall–Kier alpha value is -1.52. The molecule has 2 rings (SSSR count). The first-order valence-electron chi connectivity index (χ1n) is 7.01. The molecule has 1 aliphatic rings. The zero-order valence-corrected chi connectivity index (χ0v) is 13.7. The van der Waals surface area contributed by atoms with Gasteiger partial charge in [0, 0.05) is 29.2 Å². The summed E-state index contributed by atoms with van der Waals surface area (Å²) in [5.74, 6) is -0.395. The van der Waals surface area contributed by atoms with Crippen LogP contribution in [0.2, 0.25) is 10.0 Å². The Morgan fingerprint density at radius 2 is 1.95 bits per heavy atom. The molecule has 0 radical (unpaired) electrons. The second kappa shape index (κ2) is 7.65. The lowest BCUT2D eigenvalue weighted by Gasteiger charge is -2.29. The van der Waals surface area contributed by atoms with Crippen LogP contribution in [-0.2, 0) is 14.3 Å². The van der Waals surface area contributed by atoms with Crippen LogP contribution in [0.1, 0.15) is 18.4 Å². The first-order chi connectivity index (χ1) is 10.5.